The van der Waals surface area contributed by atoms with Gasteiger partial charge in [0.2, 0.25) is 6.19 Å². The highest BCUT2D eigenvalue weighted by molar-refractivity contribution is 6.00. The quantitative estimate of drug-likeness (QED) is 0.391. The van der Waals surface area contributed by atoms with Gasteiger partial charge < -0.3 is 5.11 Å². The number of aromatic carboxylic acids is 1. The molecule has 110 valence electrons. The minimum Gasteiger partial charge on any atom is -0.478 e. The molecule has 0 unspecified atom stereocenters. The Labute approximate surface area is 127 Å². The van der Waals surface area contributed by atoms with E-state index in [0.29, 0.717) is 11.5 Å². The maximum atomic E-state index is 11.0. The second-order valence-corrected chi connectivity index (χ2v) is 4.45. The summed E-state index contributed by atoms with van der Waals surface area (Å²) in [6.07, 6.45) is 1.76. The van der Waals surface area contributed by atoms with Gasteiger partial charge in [-0.15, -0.1) is 0 Å². The second kappa shape index (κ2) is 6.90. The van der Waals surface area contributed by atoms with Crippen LogP contribution in [-0.2, 0) is 0 Å². The molecule has 2 rings (SSSR count). The van der Waals surface area contributed by atoms with Gasteiger partial charge in [0.15, 0.2) is 5.84 Å². The predicted molar refractivity (Wildman–Crippen MR) is 83.5 cm³/mol. The molecule has 0 saturated heterocycles. The third-order valence-corrected chi connectivity index (χ3v) is 2.96. The molecule has 6 nitrogen and oxygen atoms in total. The van der Waals surface area contributed by atoms with E-state index in [4.69, 9.17) is 10.4 Å². The molecule has 0 radical (unpaired) electrons. The predicted octanol–water partition coefficient (Wildman–Crippen LogP) is 2.25. The molecule has 0 aromatic heterocycles. The highest BCUT2D eigenvalue weighted by atomic mass is 16.4. The van der Waals surface area contributed by atoms with E-state index in [1.165, 1.54) is 12.1 Å². The van der Waals surface area contributed by atoms with Crippen molar-refractivity contribution in [3.05, 3.63) is 65.7 Å². The van der Waals surface area contributed by atoms with Gasteiger partial charge in [0.05, 0.1) is 11.3 Å². The van der Waals surface area contributed by atoms with Gasteiger partial charge in [-0.3, -0.25) is 10.4 Å². The first-order chi connectivity index (χ1) is 10.6. The molecule has 0 spiro atoms. The Kier molecular flexibility index (Phi) is 4.73. The van der Waals surface area contributed by atoms with Crippen molar-refractivity contribution in [3.8, 4) is 6.19 Å². The molecule has 2 N–H and O–H groups in total. The van der Waals surface area contributed by atoms with Crippen LogP contribution in [0.25, 0.3) is 0 Å². The van der Waals surface area contributed by atoms with Crippen LogP contribution in [-0.4, -0.2) is 24.0 Å². The average Bonchev–Trinajstić information content (AvgIpc) is 2.55. The summed E-state index contributed by atoms with van der Waals surface area (Å²) >= 11 is 0. The number of hydrogen-bond donors (Lipinski definition) is 2. The normalized spacial score (nSPS) is 10.6. The third kappa shape index (κ3) is 3.61. The number of aliphatic imine (C=N–C) groups is 1. The van der Waals surface area contributed by atoms with Crippen LogP contribution in [0.1, 0.15) is 15.9 Å². The second-order valence-electron chi connectivity index (χ2n) is 4.45. The van der Waals surface area contributed by atoms with Crippen LogP contribution in [0.4, 0.5) is 5.69 Å². The van der Waals surface area contributed by atoms with Crippen molar-refractivity contribution in [3.63, 3.8) is 0 Å². The number of carbonyl (C=O) groups is 1. The van der Waals surface area contributed by atoms with Crippen LogP contribution < -0.4 is 10.4 Å². The number of carboxylic acid groups (broad SMARTS) is 1. The first-order valence-electron chi connectivity index (χ1n) is 6.48. The lowest BCUT2D eigenvalue weighted by molar-refractivity contribution is 0.0697. The van der Waals surface area contributed by atoms with Crippen LogP contribution >= 0.6 is 0 Å². The highest BCUT2D eigenvalue weighted by Gasteiger charge is 2.09. The molecule has 0 saturated carbocycles. The van der Waals surface area contributed by atoms with Crippen molar-refractivity contribution in [2.45, 2.75) is 0 Å². The van der Waals surface area contributed by atoms with E-state index in [1.807, 2.05) is 30.3 Å². The lowest BCUT2D eigenvalue weighted by Gasteiger charge is -2.22. The molecule has 22 heavy (non-hydrogen) atoms. The van der Waals surface area contributed by atoms with E-state index in [0.717, 1.165) is 5.56 Å². The SMILES string of the molecule is CN(NC(=NC#N)c1ccccc1)c1cccc(C(=O)O)c1. The molecule has 0 amide bonds. The molecule has 0 aliphatic carbocycles. The third-order valence-electron chi connectivity index (χ3n) is 2.96. The van der Waals surface area contributed by atoms with E-state index >= 15 is 0 Å². The molecule has 0 heterocycles. The summed E-state index contributed by atoms with van der Waals surface area (Å²) in [7, 11) is 1.72. The number of nitrogens with zero attached hydrogens (tertiary/aromatic N) is 3. The van der Waals surface area contributed by atoms with E-state index < -0.39 is 5.97 Å². The molecule has 0 bridgehead atoms. The minimum absolute atomic E-state index is 0.185. The largest absolute Gasteiger partial charge is 0.478 e. The highest BCUT2D eigenvalue weighted by Crippen LogP contribution is 2.14. The van der Waals surface area contributed by atoms with Crippen molar-refractivity contribution < 1.29 is 9.90 Å². The smallest absolute Gasteiger partial charge is 0.335 e. The Hall–Kier alpha value is -3.33. The van der Waals surface area contributed by atoms with Gasteiger partial charge >= 0.3 is 5.97 Å². The lowest BCUT2D eigenvalue weighted by atomic mass is 10.2. The van der Waals surface area contributed by atoms with Crippen LogP contribution in [0.2, 0.25) is 0 Å². The first kappa shape index (κ1) is 15.1. The Morgan fingerprint density at radius 2 is 1.86 bits per heavy atom. The maximum absolute atomic E-state index is 11.0. The van der Waals surface area contributed by atoms with Crippen LogP contribution in [0.5, 0.6) is 0 Å². The van der Waals surface area contributed by atoms with Gasteiger partial charge in [-0.25, -0.2) is 4.79 Å². The zero-order valence-corrected chi connectivity index (χ0v) is 11.9. The van der Waals surface area contributed by atoms with Gasteiger partial charge in [-0.2, -0.15) is 10.3 Å². The number of anilines is 1. The van der Waals surface area contributed by atoms with Crippen LogP contribution in [0.15, 0.2) is 59.6 Å². The van der Waals surface area contributed by atoms with Crippen molar-refractivity contribution in [1.29, 1.82) is 5.26 Å². The fraction of sp³-hybridized carbons (Fsp3) is 0.0625. The Balaban J connectivity index is 2.24. The topological polar surface area (TPSA) is 88.7 Å². The molecule has 6 heteroatoms. The van der Waals surface area contributed by atoms with Crippen molar-refractivity contribution >= 4 is 17.5 Å². The summed E-state index contributed by atoms with van der Waals surface area (Å²) < 4.78 is 0. The molecular weight excluding hydrogens is 280 g/mol. The summed E-state index contributed by atoms with van der Waals surface area (Å²) in [5, 5.41) is 19.5. The minimum atomic E-state index is -0.996. The number of nitriles is 1. The fourth-order valence-corrected chi connectivity index (χ4v) is 1.87. The molecular formula is C16H14N4O2. The number of nitrogens with one attached hydrogen (secondary N) is 1. The molecule has 0 fully saturated rings. The van der Waals surface area contributed by atoms with Gasteiger partial charge in [-0.05, 0) is 18.2 Å². The number of rotatable bonds is 4. The molecule has 0 atom stereocenters. The number of hydrazine groups is 1. The summed E-state index contributed by atoms with van der Waals surface area (Å²) in [5.74, 6) is -0.615. The monoisotopic (exact) mass is 294 g/mol. The van der Waals surface area contributed by atoms with Crippen molar-refractivity contribution in [1.82, 2.24) is 5.43 Å². The Morgan fingerprint density at radius 3 is 2.50 bits per heavy atom. The average molecular weight is 294 g/mol. The van der Waals surface area contributed by atoms with Crippen molar-refractivity contribution in [2.24, 2.45) is 4.99 Å². The van der Waals surface area contributed by atoms with Gasteiger partial charge in [0, 0.05) is 12.6 Å². The molecule has 0 aliphatic rings. The van der Waals surface area contributed by atoms with Crippen LogP contribution in [0, 0.1) is 11.5 Å². The fourth-order valence-electron chi connectivity index (χ4n) is 1.87. The van der Waals surface area contributed by atoms with Crippen molar-refractivity contribution in [2.75, 3.05) is 12.1 Å². The zero-order valence-electron chi connectivity index (χ0n) is 11.9. The molecule has 0 aliphatic heterocycles. The van der Waals surface area contributed by atoms with E-state index in [9.17, 15) is 4.79 Å². The number of benzene rings is 2. The van der Waals surface area contributed by atoms with Gasteiger partial charge in [0.25, 0.3) is 0 Å². The molecule has 2 aromatic rings. The van der Waals surface area contributed by atoms with E-state index in [1.54, 1.807) is 30.4 Å². The van der Waals surface area contributed by atoms with E-state index in [-0.39, 0.29) is 5.56 Å². The summed E-state index contributed by atoms with van der Waals surface area (Å²) in [5.41, 5.74) is 4.56. The first-order valence-corrected chi connectivity index (χ1v) is 6.48. The number of hydrogen-bond acceptors (Lipinski definition) is 4. The Morgan fingerprint density at radius 1 is 1.18 bits per heavy atom. The molecule has 2 aromatic carbocycles. The van der Waals surface area contributed by atoms with Crippen LogP contribution in [0.3, 0.4) is 0 Å². The lowest BCUT2D eigenvalue weighted by Crippen LogP contribution is -2.40. The summed E-state index contributed by atoms with van der Waals surface area (Å²) in [6.45, 7) is 0. The Bertz CT molecular complexity index is 735. The summed E-state index contributed by atoms with van der Waals surface area (Å²) in [6, 6.07) is 15.7. The standard InChI is InChI=1S/C16H14N4O2/c1-20(14-9-5-8-13(10-14)16(21)22)19-15(18-11-17)12-6-3-2-4-7-12/h2-10H,1H3,(H,18,19)(H,21,22). The van der Waals surface area contributed by atoms with Gasteiger partial charge in [0.1, 0.15) is 0 Å². The number of amidine groups is 1. The zero-order chi connectivity index (χ0) is 15.9. The number of carboxylic acids is 1. The van der Waals surface area contributed by atoms with E-state index in [2.05, 4.69) is 10.4 Å². The maximum Gasteiger partial charge on any atom is 0.335 e. The summed E-state index contributed by atoms with van der Waals surface area (Å²) in [4.78, 5) is 14.8. The van der Waals surface area contributed by atoms with Gasteiger partial charge in [-0.1, -0.05) is 36.4 Å².